The van der Waals surface area contributed by atoms with Crippen molar-refractivity contribution in [2.24, 2.45) is 0 Å². The van der Waals surface area contributed by atoms with E-state index >= 15 is 0 Å². The molecule has 156 valence electrons. The number of nitrogens with one attached hydrogen (secondary N) is 1. The van der Waals surface area contributed by atoms with Gasteiger partial charge in [-0.25, -0.2) is 8.42 Å². The first-order chi connectivity index (χ1) is 13.9. The van der Waals surface area contributed by atoms with Crippen LogP contribution in [0.3, 0.4) is 0 Å². The summed E-state index contributed by atoms with van der Waals surface area (Å²) in [4.78, 5) is 9.27. The number of aromatic nitrogens is 1. The van der Waals surface area contributed by atoms with Crippen LogP contribution in [0.25, 0.3) is 11.5 Å². The van der Waals surface area contributed by atoms with E-state index in [4.69, 9.17) is 0 Å². The van der Waals surface area contributed by atoms with Crippen LogP contribution in [-0.4, -0.2) is 55.9 Å². The molecule has 1 aliphatic heterocycles. The second kappa shape index (κ2) is 9.52. The van der Waals surface area contributed by atoms with Crippen LogP contribution in [-0.2, 0) is 16.6 Å². The predicted octanol–water partition coefficient (Wildman–Crippen LogP) is 1.59. The Morgan fingerprint density at radius 2 is 1.76 bits per heavy atom. The topological polar surface area (TPSA) is 65.5 Å². The van der Waals surface area contributed by atoms with E-state index in [1.165, 1.54) is 18.5 Å². The Bertz CT molecular complexity index is 1030. The molecule has 1 aliphatic rings. The molecule has 0 bridgehead atoms. The summed E-state index contributed by atoms with van der Waals surface area (Å²) in [6, 6.07) is 11.1. The Labute approximate surface area is 173 Å². The van der Waals surface area contributed by atoms with Gasteiger partial charge in [-0.3, -0.25) is 14.6 Å². The molecule has 0 radical (unpaired) electrons. The third-order valence-electron chi connectivity index (χ3n) is 5.24. The van der Waals surface area contributed by atoms with Crippen molar-refractivity contribution >= 4 is 27.2 Å². The normalized spacial score (nSPS) is 17.2. The summed E-state index contributed by atoms with van der Waals surface area (Å²) in [5, 5.41) is 0.976. The molecule has 1 saturated heterocycles. The average molecular weight is 415 g/mol. The first kappa shape index (κ1) is 21.5. The third kappa shape index (κ3) is 5.65. The molecule has 2 aromatic rings. The van der Waals surface area contributed by atoms with Gasteiger partial charge in [0.25, 0.3) is 10.0 Å². The summed E-state index contributed by atoms with van der Waals surface area (Å²) in [7, 11) is -3.69. The Hall–Kier alpha value is -2.22. The van der Waals surface area contributed by atoms with E-state index in [2.05, 4.69) is 33.0 Å². The fourth-order valence-electron chi connectivity index (χ4n) is 3.54. The van der Waals surface area contributed by atoms with Crippen molar-refractivity contribution in [2.45, 2.75) is 26.8 Å². The lowest BCUT2D eigenvalue weighted by Gasteiger charge is -2.34. The van der Waals surface area contributed by atoms with Crippen LogP contribution in [0, 0.1) is 0 Å². The van der Waals surface area contributed by atoms with Gasteiger partial charge in [0.05, 0.1) is 10.3 Å². The molecule has 1 aromatic carbocycles. The largest absolute Gasteiger partial charge is 0.301 e. The predicted molar refractivity (Wildman–Crippen MR) is 119 cm³/mol. The van der Waals surface area contributed by atoms with Crippen LogP contribution in [0.5, 0.6) is 0 Å². The first-order valence-electron chi connectivity index (χ1n) is 10.1. The van der Waals surface area contributed by atoms with Crippen molar-refractivity contribution in [3.05, 3.63) is 58.7 Å². The van der Waals surface area contributed by atoms with E-state index in [1.54, 1.807) is 25.3 Å². The van der Waals surface area contributed by atoms with E-state index < -0.39 is 10.0 Å². The molecular formula is C22H30N4O2S. The van der Waals surface area contributed by atoms with Crippen molar-refractivity contribution in [1.29, 1.82) is 0 Å². The van der Waals surface area contributed by atoms with Crippen LogP contribution in [0.15, 0.2) is 42.6 Å². The zero-order valence-electron chi connectivity index (χ0n) is 17.3. The first-order valence-corrected chi connectivity index (χ1v) is 11.5. The molecule has 7 heteroatoms. The molecule has 1 aromatic heterocycles. The molecule has 0 saturated carbocycles. The SMILES string of the molecule is C=c1cccn/c1=C(/C)S(=O)(=O)Nc1ccc(CN2CCN(CCC)CC2)cc1. The molecule has 0 spiro atoms. The van der Waals surface area contributed by atoms with Crippen molar-refractivity contribution in [3.8, 4) is 0 Å². The second-order valence-electron chi connectivity index (χ2n) is 7.49. The van der Waals surface area contributed by atoms with E-state index in [1.807, 2.05) is 24.3 Å². The molecule has 1 fully saturated rings. The second-order valence-corrected chi connectivity index (χ2v) is 9.31. The van der Waals surface area contributed by atoms with E-state index in [-0.39, 0.29) is 4.91 Å². The highest BCUT2D eigenvalue weighted by molar-refractivity contribution is 8.01. The molecule has 0 aliphatic carbocycles. The van der Waals surface area contributed by atoms with Gasteiger partial charge in [-0.15, -0.1) is 0 Å². The van der Waals surface area contributed by atoms with Gasteiger partial charge in [-0.05, 0) is 48.9 Å². The molecular weight excluding hydrogens is 384 g/mol. The molecule has 29 heavy (non-hydrogen) atoms. The minimum atomic E-state index is -3.69. The molecule has 1 N–H and O–H groups in total. The van der Waals surface area contributed by atoms with Crippen LogP contribution >= 0.6 is 0 Å². The van der Waals surface area contributed by atoms with Gasteiger partial charge in [-0.2, -0.15) is 0 Å². The van der Waals surface area contributed by atoms with Crippen molar-refractivity contribution in [3.63, 3.8) is 0 Å². The number of sulfonamides is 1. The Balaban J connectivity index is 1.64. The number of pyridine rings is 1. The van der Waals surface area contributed by atoms with E-state index in [9.17, 15) is 8.42 Å². The van der Waals surface area contributed by atoms with Gasteiger partial charge >= 0.3 is 0 Å². The summed E-state index contributed by atoms with van der Waals surface area (Å²) >= 11 is 0. The highest BCUT2D eigenvalue weighted by atomic mass is 32.2. The van der Waals surface area contributed by atoms with Gasteiger partial charge < -0.3 is 4.90 Å². The fraction of sp³-hybridized carbons (Fsp3) is 0.409. The lowest BCUT2D eigenvalue weighted by molar-refractivity contribution is 0.127. The van der Waals surface area contributed by atoms with Gasteiger partial charge in [0.15, 0.2) is 0 Å². The van der Waals surface area contributed by atoms with Crippen molar-refractivity contribution in [2.75, 3.05) is 37.4 Å². The van der Waals surface area contributed by atoms with Crippen LogP contribution in [0.2, 0.25) is 0 Å². The van der Waals surface area contributed by atoms with Crippen LogP contribution in [0.4, 0.5) is 5.69 Å². The maximum Gasteiger partial charge on any atom is 0.259 e. The van der Waals surface area contributed by atoms with Gasteiger partial charge in [0.2, 0.25) is 0 Å². The number of benzene rings is 1. The molecule has 0 amide bonds. The van der Waals surface area contributed by atoms with Crippen LogP contribution in [0.1, 0.15) is 25.8 Å². The minimum Gasteiger partial charge on any atom is -0.301 e. The molecule has 0 unspecified atom stereocenters. The van der Waals surface area contributed by atoms with Gasteiger partial charge in [0.1, 0.15) is 0 Å². The van der Waals surface area contributed by atoms with E-state index in [0.717, 1.165) is 32.7 Å². The lowest BCUT2D eigenvalue weighted by atomic mass is 10.2. The smallest absolute Gasteiger partial charge is 0.259 e. The number of hydrogen-bond acceptors (Lipinski definition) is 5. The zero-order valence-corrected chi connectivity index (χ0v) is 18.1. The van der Waals surface area contributed by atoms with Gasteiger partial charge in [-0.1, -0.05) is 31.7 Å². The lowest BCUT2D eigenvalue weighted by Crippen LogP contribution is -2.45. The number of nitrogens with zero attached hydrogens (tertiary/aromatic N) is 3. The molecule has 0 atom stereocenters. The standard InChI is InChI=1S/C22H30N4O2S/c1-4-12-25-13-15-26(16-14-25)17-20-7-9-21(10-8-20)24-29(27,28)19(3)22-18(2)6-5-11-23-22/h5-11,24H,2,4,12-17H2,1,3H3/b22-19-. The number of hydrogen-bond donors (Lipinski definition) is 1. The maximum atomic E-state index is 12.7. The average Bonchev–Trinajstić information content (AvgIpc) is 2.71. The van der Waals surface area contributed by atoms with Crippen LogP contribution < -0.4 is 15.3 Å². The summed E-state index contributed by atoms with van der Waals surface area (Å²) in [6.45, 7) is 14.1. The fourth-order valence-corrected chi connectivity index (χ4v) is 4.58. The van der Waals surface area contributed by atoms with Gasteiger partial charge in [0, 0.05) is 44.6 Å². The number of piperazine rings is 1. The highest BCUT2D eigenvalue weighted by Gasteiger charge is 2.17. The summed E-state index contributed by atoms with van der Waals surface area (Å²) < 4.78 is 28.1. The summed E-state index contributed by atoms with van der Waals surface area (Å²) in [6.07, 6.45) is 2.77. The minimum absolute atomic E-state index is 0.164. The number of anilines is 1. The monoisotopic (exact) mass is 414 g/mol. The number of rotatable bonds is 7. The molecule has 6 nitrogen and oxygen atoms in total. The Kier molecular flexibility index (Phi) is 7.05. The van der Waals surface area contributed by atoms with Crippen molar-refractivity contribution < 1.29 is 8.42 Å². The zero-order chi connectivity index (χ0) is 20.9. The van der Waals surface area contributed by atoms with E-state index in [0.29, 0.717) is 16.3 Å². The quantitative estimate of drug-likeness (QED) is 0.745. The summed E-state index contributed by atoms with van der Waals surface area (Å²) in [5.74, 6) is 0. The summed E-state index contributed by atoms with van der Waals surface area (Å²) in [5.41, 5.74) is 1.73. The Morgan fingerprint density at radius 3 is 2.38 bits per heavy atom. The molecule has 3 rings (SSSR count). The highest BCUT2D eigenvalue weighted by Crippen LogP contribution is 2.16. The molecule has 2 heterocycles. The van der Waals surface area contributed by atoms with Crippen molar-refractivity contribution in [1.82, 2.24) is 14.8 Å². The Morgan fingerprint density at radius 1 is 1.10 bits per heavy atom. The third-order valence-corrected chi connectivity index (χ3v) is 6.75. The maximum absolute atomic E-state index is 12.7.